The van der Waals surface area contributed by atoms with Crippen LogP contribution < -0.4 is 0 Å². The number of hydrogen-bond donors (Lipinski definition) is 3. The van der Waals surface area contributed by atoms with E-state index in [1.807, 2.05) is 0 Å². The highest BCUT2D eigenvalue weighted by molar-refractivity contribution is 7.47. The highest BCUT2D eigenvalue weighted by Gasteiger charge is 2.30. The van der Waals surface area contributed by atoms with Crippen molar-refractivity contribution in [3.05, 3.63) is 24.3 Å². The van der Waals surface area contributed by atoms with E-state index in [2.05, 4.69) is 58.9 Å². The highest BCUT2D eigenvalue weighted by Crippen LogP contribution is 2.45. The van der Waals surface area contributed by atoms with Gasteiger partial charge in [0.1, 0.15) is 19.3 Å². The predicted octanol–water partition coefficient (Wildman–Crippen LogP) is 21.2. The van der Waals surface area contributed by atoms with Crippen LogP contribution in [0.15, 0.2) is 24.3 Å². The Bertz CT molecular complexity index is 1880. The maximum Gasteiger partial charge on any atom is 0.472 e. The van der Waals surface area contributed by atoms with Gasteiger partial charge in [0.15, 0.2) is 12.2 Å². The number of rotatable bonds is 72. The van der Waals surface area contributed by atoms with E-state index in [0.717, 1.165) is 109 Å². The van der Waals surface area contributed by atoms with E-state index in [4.69, 9.17) is 37.0 Å². The van der Waals surface area contributed by atoms with Crippen LogP contribution in [0, 0.1) is 5.92 Å². The van der Waals surface area contributed by atoms with Gasteiger partial charge in [0, 0.05) is 25.7 Å². The van der Waals surface area contributed by atoms with Crippen molar-refractivity contribution in [2.24, 2.45) is 5.92 Å². The molecule has 0 heterocycles. The van der Waals surface area contributed by atoms with Gasteiger partial charge in [-0.1, -0.05) is 309 Å². The summed E-state index contributed by atoms with van der Waals surface area (Å²) in [5, 5.41) is 10.6. The second-order valence-electron chi connectivity index (χ2n) is 26.5. The summed E-state index contributed by atoms with van der Waals surface area (Å²) in [5.74, 6) is -1.39. The molecule has 0 aromatic heterocycles. The number of phosphoric acid groups is 2. The zero-order chi connectivity index (χ0) is 68.4. The summed E-state index contributed by atoms with van der Waals surface area (Å²) in [5.41, 5.74) is 0. The van der Waals surface area contributed by atoms with Crippen molar-refractivity contribution in [3.63, 3.8) is 0 Å². The Hall–Kier alpha value is -2.46. The van der Waals surface area contributed by atoms with Crippen molar-refractivity contribution < 1.29 is 80.2 Å². The predicted molar refractivity (Wildman–Crippen MR) is 377 cm³/mol. The molecule has 0 aliphatic rings. The largest absolute Gasteiger partial charge is 0.472 e. The summed E-state index contributed by atoms with van der Waals surface area (Å²) in [6.45, 7) is 7.21. The summed E-state index contributed by atoms with van der Waals surface area (Å²) in [6, 6.07) is 0. The first-order valence-corrected chi connectivity index (χ1v) is 40.9. The molecule has 3 N–H and O–H groups in total. The number of hydrogen-bond acceptors (Lipinski definition) is 15. The van der Waals surface area contributed by atoms with Crippen LogP contribution in [0.5, 0.6) is 0 Å². The van der Waals surface area contributed by atoms with Crippen molar-refractivity contribution in [2.45, 2.75) is 380 Å². The van der Waals surface area contributed by atoms with Crippen LogP contribution in [0.3, 0.4) is 0 Å². The zero-order valence-electron chi connectivity index (χ0n) is 59.9. The lowest BCUT2D eigenvalue weighted by atomic mass is 10.0. The summed E-state index contributed by atoms with van der Waals surface area (Å²) in [7, 11) is -9.92. The lowest BCUT2D eigenvalue weighted by molar-refractivity contribution is -0.161. The van der Waals surface area contributed by atoms with Crippen molar-refractivity contribution in [1.29, 1.82) is 0 Å². The van der Waals surface area contributed by atoms with E-state index in [-0.39, 0.29) is 25.7 Å². The third kappa shape index (κ3) is 67.9. The fourth-order valence-corrected chi connectivity index (χ4v) is 12.4. The van der Waals surface area contributed by atoms with Crippen molar-refractivity contribution >= 4 is 39.5 Å². The first-order valence-electron chi connectivity index (χ1n) is 38.0. The molecule has 17 nitrogen and oxygen atoms in total. The van der Waals surface area contributed by atoms with Crippen LogP contribution in [0.4, 0.5) is 0 Å². The molecule has 0 radical (unpaired) electrons. The average Bonchev–Trinajstić information content (AvgIpc) is 2.11. The molecule has 19 heteroatoms. The number of aliphatic hydroxyl groups is 1. The maximum atomic E-state index is 13.1. The molecule has 0 fully saturated rings. The van der Waals surface area contributed by atoms with E-state index in [1.54, 1.807) is 0 Å². The van der Waals surface area contributed by atoms with Gasteiger partial charge in [-0.15, -0.1) is 0 Å². The van der Waals surface area contributed by atoms with Crippen LogP contribution in [0.2, 0.25) is 0 Å². The molecule has 2 unspecified atom stereocenters. The minimum atomic E-state index is -4.96. The fourth-order valence-electron chi connectivity index (χ4n) is 10.8. The van der Waals surface area contributed by atoms with Gasteiger partial charge < -0.3 is 33.8 Å². The van der Waals surface area contributed by atoms with Gasteiger partial charge in [-0.05, 0) is 57.3 Å². The number of phosphoric ester groups is 2. The third-order valence-electron chi connectivity index (χ3n) is 16.7. The van der Waals surface area contributed by atoms with Gasteiger partial charge in [-0.3, -0.25) is 37.3 Å². The number of carbonyl (C=O) groups excluding carboxylic acids is 4. The molecule has 0 spiro atoms. The number of unbranched alkanes of at least 4 members (excludes halogenated alkanes) is 41. The normalized spacial score (nSPS) is 14.2. The molecule has 0 rings (SSSR count). The lowest BCUT2D eigenvalue weighted by Gasteiger charge is -2.21. The van der Waals surface area contributed by atoms with E-state index in [1.165, 1.54) is 173 Å². The fraction of sp³-hybridized carbons (Fsp3) is 0.892. The summed E-state index contributed by atoms with van der Waals surface area (Å²) in [4.78, 5) is 72.7. The Kier molecular flexibility index (Phi) is 65.0. The number of carbonyl (C=O) groups is 4. The molecule has 0 aliphatic heterocycles. The Morgan fingerprint density at radius 3 is 0.882 bits per heavy atom. The summed E-state index contributed by atoms with van der Waals surface area (Å²) < 4.78 is 68.4. The number of ether oxygens (including phenoxy) is 4. The van der Waals surface area contributed by atoms with Crippen LogP contribution in [0.1, 0.15) is 362 Å². The van der Waals surface area contributed by atoms with Gasteiger partial charge in [-0.2, -0.15) is 0 Å². The Morgan fingerprint density at radius 2 is 0.581 bits per heavy atom. The Labute approximate surface area is 567 Å². The van der Waals surface area contributed by atoms with Crippen molar-refractivity contribution in [3.8, 4) is 0 Å². The lowest BCUT2D eigenvalue weighted by Crippen LogP contribution is -2.30. The maximum absolute atomic E-state index is 13.1. The monoisotopic (exact) mass is 1360 g/mol. The molecule has 5 atom stereocenters. The smallest absolute Gasteiger partial charge is 0.462 e. The number of allylic oxidation sites excluding steroid dienone is 4. The van der Waals surface area contributed by atoms with Crippen LogP contribution in [-0.2, 0) is 65.4 Å². The van der Waals surface area contributed by atoms with Crippen molar-refractivity contribution in [1.82, 2.24) is 0 Å². The van der Waals surface area contributed by atoms with Gasteiger partial charge in [-0.25, -0.2) is 9.13 Å². The first kappa shape index (κ1) is 90.5. The molecule has 0 amide bonds. The quantitative estimate of drug-likeness (QED) is 0.0169. The number of esters is 4. The minimum Gasteiger partial charge on any atom is -0.462 e. The summed E-state index contributed by atoms with van der Waals surface area (Å²) in [6.07, 6.45) is 57.5. The van der Waals surface area contributed by atoms with Gasteiger partial charge >= 0.3 is 39.5 Å². The van der Waals surface area contributed by atoms with E-state index < -0.39 is 97.5 Å². The number of aliphatic hydroxyl groups excluding tert-OH is 1. The molecule has 0 aromatic rings. The van der Waals surface area contributed by atoms with Gasteiger partial charge in [0.05, 0.1) is 26.4 Å². The Balaban J connectivity index is 5.30. The van der Waals surface area contributed by atoms with Crippen molar-refractivity contribution in [2.75, 3.05) is 39.6 Å². The van der Waals surface area contributed by atoms with Crippen LogP contribution in [0.25, 0.3) is 0 Å². The van der Waals surface area contributed by atoms with E-state index >= 15 is 0 Å². The highest BCUT2D eigenvalue weighted by atomic mass is 31.2. The topological polar surface area (TPSA) is 237 Å². The molecular weight excluding hydrogens is 1220 g/mol. The minimum absolute atomic E-state index is 0.0851. The van der Waals surface area contributed by atoms with Gasteiger partial charge in [0.2, 0.25) is 0 Å². The Morgan fingerprint density at radius 1 is 0.333 bits per heavy atom. The molecule has 0 bridgehead atoms. The first-order chi connectivity index (χ1) is 45.0. The molecule has 93 heavy (non-hydrogen) atoms. The molecular formula is C74H140O17P2. The second-order valence-corrected chi connectivity index (χ2v) is 29.4. The average molecular weight is 1360 g/mol. The van der Waals surface area contributed by atoms with E-state index in [0.29, 0.717) is 25.7 Å². The van der Waals surface area contributed by atoms with E-state index in [9.17, 15) is 43.2 Å². The molecule has 548 valence electrons. The molecule has 0 saturated heterocycles. The molecule has 0 saturated carbocycles. The standard InChI is InChI=1S/C74H140O17P2/c1-6-9-12-15-18-21-24-27-28-30-33-40-45-50-55-60-74(79)91-70(64-85-72(77)58-53-48-43-38-35-34-36-41-46-51-56-67(4)5)66-89-93(82,83)87-62-68(75)61-86-92(80,81)88-65-69(63-84-71(76)57-52-47-42-37-31-26-23-20-17-14-11-8-3)90-73(78)59-54-49-44-39-32-29-25-22-19-16-13-10-7-2/h21,24,27-28,67-70,75H,6-20,22-23,25-26,29-66H2,1-5H3,(H,80,81)(H,82,83)/b24-21-,28-27-/t68-,69+,70+/m0/s1. The van der Waals surface area contributed by atoms with Crippen LogP contribution in [-0.4, -0.2) is 96.7 Å². The SMILES string of the molecule is CCCCCC/C=C\C=C/CCCCCCCC(=O)O[C@H](COC(=O)CCCCCCCCCCCCC(C)C)COP(=O)(O)OC[C@@H](O)COP(=O)(O)OC[C@@H](COC(=O)CCCCCCCCCCCCCC)OC(=O)CCCCCCCCCCCCCCC. The molecule has 0 aliphatic carbocycles. The molecule has 0 aromatic carbocycles. The van der Waals surface area contributed by atoms with Crippen LogP contribution >= 0.6 is 15.6 Å². The zero-order valence-corrected chi connectivity index (χ0v) is 61.7. The third-order valence-corrected chi connectivity index (χ3v) is 18.6. The van der Waals surface area contributed by atoms with Gasteiger partial charge in [0.25, 0.3) is 0 Å². The summed E-state index contributed by atoms with van der Waals surface area (Å²) >= 11 is 0. The second kappa shape index (κ2) is 66.8.